The maximum absolute atomic E-state index is 12.6. The van der Waals surface area contributed by atoms with Crippen molar-refractivity contribution in [2.75, 3.05) is 7.05 Å². The fraction of sp³-hybridized carbons (Fsp3) is 0.438. The molecule has 110 valence electrons. The zero-order valence-corrected chi connectivity index (χ0v) is 12.1. The lowest BCUT2D eigenvalue weighted by Crippen LogP contribution is -2.38. The molecule has 0 bridgehead atoms. The summed E-state index contributed by atoms with van der Waals surface area (Å²) in [4.78, 5) is 14.3. The number of rotatable bonds is 2. The van der Waals surface area contributed by atoms with Gasteiger partial charge in [0.1, 0.15) is 0 Å². The highest BCUT2D eigenvalue weighted by atomic mass is 16.3. The first kappa shape index (κ1) is 13.8. The molecule has 5 nitrogen and oxygen atoms in total. The minimum Gasteiger partial charge on any atom is -0.505 e. The Balaban J connectivity index is 1.92. The fourth-order valence-corrected chi connectivity index (χ4v) is 2.99. The number of carbonyl (C=O) groups excluding carboxylic acids is 1. The molecule has 5 heteroatoms. The molecule has 1 aromatic heterocycles. The van der Waals surface area contributed by atoms with E-state index in [1.807, 2.05) is 12.1 Å². The van der Waals surface area contributed by atoms with Crippen LogP contribution in [-0.4, -0.2) is 39.2 Å². The largest absolute Gasteiger partial charge is 0.505 e. The molecule has 2 aromatic rings. The van der Waals surface area contributed by atoms with Gasteiger partial charge in [-0.2, -0.15) is 0 Å². The first-order valence-corrected chi connectivity index (χ1v) is 7.40. The Hall–Kier alpha value is -2.17. The van der Waals surface area contributed by atoms with Crippen molar-refractivity contribution in [2.45, 2.75) is 38.1 Å². The normalized spacial score (nSPS) is 16.0. The highest BCUT2D eigenvalue weighted by Gasteiger charge is 2.26. The van der Waals surface area contributed by atoms with Gasteiger partial charge in [0.25, 0.3) is 5.91 Å². The Bertz CT molecular complexity index is 666. The van der Waals surface area contributed by atoms with Gasteiger partial charge in [-0.3, -0.25) is 4.79 Å². The number of nitrogens with zero attached hydrogens (tertiary/aromatic N) is 3. The molecule has 1 aromatic carbocycles. The van der Waals surface area contributed by atoms with Crippen LogP contribution in [-0.2, 0) is 0 Å². The molecule has 1 amide bonds. The summed E-state index contributed by atoms with van der Waals surface area (Å²) in [5.74, 6) is -0.328. The average molecular weight is 285 g/mol. The van der Waals surface area contributed by atoms with Crippen LogP contribution in [0, 0.1) is 0 Å². The molecule has 1 saturated carbocycles. The lowest BCUT2D eigenvalue weighted by atomic mass is 9.94. The summed E-state index contributed by atoms with van der Waals surface area (Å²) in [6, 6.07) is 7.38. The number of hydrogen-bond donors (Lipinski definition) is 1. The van der Waals surface area contributed by atoms with Crippen molar-refractivity contribution in [3.05, 3.63) is 30.0 Å². The summed E-state index contributed by atoms with van der Waals surface area (Å²) in [6.45, 7) is 0. The molecule has 0 atom stereocenters. The molecule has 1 aliphatic rings. The van der Waals surface area contributed by atoms with Crippen LogP contribution < -0.4 is 0 Å². The Morgan fingerprint density at radius 1 is 1.19 bits per heavy atom. The Kier molecular flexibility index (Phi) is 3.73. The average Bonchev–Trinajstić information content (AvgIpc) is 2.55. The van der Waals surface area contributed by atoms with E-state index in [9.17, 15) is 9.90 Å². The predicted molar refractivity (Wildman–Crippen MR) is 80.2 cm³/mol. The summed E-state index contributed by atoms with van der Waals surface area (Å²) < 4.78 is 0. The van der Waals surface area contributed by atoms with E-state index in [-0.39, 0.29) is 23.4 Å². The topological polar surface area (TPSA) is 66.3 Å². The van der Waals surface area contributed by atoms with E-state index in [1.54, 1.807) is 24.1 Å². The van der Waals surface area contributed by atoms with E-state index in [0.717, 1.165) is 25.7 Å². The van der Waals surface area contributed by atoms with Crippen LogP contribution in [0.5, 0.6) is 5.75 Å². The van der Waals surface area contributed by atoms with Crippen LogP contribution in [0.1, 0.15) is 42.6 Å². The van der Waals surface area contributed by atoms with Gasteiger partial charge in [0.15, 0.2) is 11.4 Å². The fourth-order valence-electron chi connectivity index (χ4n) is 2.99. The van der Waals surface area contributed by atoms with Crippen molar-refractivity contribution >= 4 is 16.8 Å². The van der Waals surface area contributed by atoms with Gasteiger partial charge in [-0.05, 0) is 25.0 Å². The number of benzene rings is 1. The SMILES string of the molecule is CN(C(=O)c1nnc2ccccc2c1O)C1CCCCC1. The second kappa shape index (κ2) is 5.68. The molecule has 1 heterocycles. The van der Waals surface area contributed by atoms with Crippen molar-refractivity contribution in [2.24, 2.45) is 0 Å². The molecule has 0 spiro atoms. The summed E-state index contributed by atoms with van der Waals surface area (Å²) in [5, 5.41) is 18.8. The lowest BCUT2D eigenvalue weighted by molar-refractivity contribution is 0.0686. The molecule has 21 heavy (non-hydrogen) atoms. The zero-order valence-electron chi connectivity index (χ0n) is 12.1. The van der Waals surface area contributed by atoms with Crippen LogP contribution in [0.3, 0.4) is 0 Å². The summed E-state index contributed by atoms with van der Waals surface area (Å²) in [6.07, 6.45) is 5.57. The van der Waals surface area contributed by atoms with Gasteiger partial charge in [0.05, 0.1) is 5.52 Å². The maximum Gasteiger partial charge on any atom is 0.278 e. The minimum absolute atomic E-state index is 0.0433. The third-order valence-electron chi connectivity index (χ3n) is 4.29. The lowest BCUT2D eigenvalue weighted by Gasteiger charge is -2.31. The number of aromatic nitrogens is 2. The standard InChI is InChI=1S/C16H19N3O2/c1-19(11-7-3-2-4-8-11)16(21)14-15(20)12-9-5-6-10-13(12)17-18-14/h5-6,9-11H,2-4,7-8H2,1H3,(H,17,20). The molecule has 3 rings (SSSR count). The number of amides is 1. The van der Waals surface area contributed by atoms with Gasteiger partial charge in [-0.25, -0.2) is 0 Å². The first-order valence-electron chi connectivity index (χ1n) is 7.40. The second-order valence-electron chi connectivity index (χ2n) is 5.62. The Morgan fingerprint density at radius 3 is 2.67 bits per heavy atom. The number of carbonyl (C=O) groups is 1. The molecule has 0 saturated heterocycles. The third kappa shape index (κ3) is 2.55. The van der Waals surface area contributed by atoms with Crippen molar-refractivity contribution < 1.29 is 9.90 Å². The molecule has 1 aliphatic carbocycles. The number of hydrogen-bond acceptors (Lipinski definition) is 4. The highest BCUT2D eigenvalue weighted by Crippen LogP contribution is 2.28. The highest BCUT2D eigenvalue weighted by molar-refractivity contribution is 6.00. The number of fused-ring (bicyclic) bond motifs is 1. The van der Waals surface area contributed by atoms with Crippen LogP contribution in [0.15, 0.2) is 24.3 Å². The zero-order chi connectivity index (χ0) is 14.8. The van der Waals surface area contributed by atoms with Gasteiger partial charge < -0.3 is 10.0 Å². The van der Waals surface area contributed by atoms with E-state index < -0.39 is 0 Å². The number of aromatic hydroxyl groups is 1. The third-order valence-corrected chi connectivity index (χ3v) is 4.29. The Labute approximate surface area is 123 Å². The van der Waals surface area contributed by atoms with Gasteiger partial charge in [0.2, 0.25) is 0 Å². The molecule has 0 unspecified atom stereocenters. The van der Waals surface area contributed by atoms with Gasteiger partial charge in [0, 0.05) is 18.5 Å². The quantitative estimate of drug-likeness (QED) is 0.921. The van der Waals surface area contributed by atoms with Crippen molar-refractivity contribution in [1.82, 2.24) is 15.1 Å². The van der Waals surface area contributed by atoms with Gasteiger partial charge in [-0.15, -0.1) is 10.2 Å². The van der Waals surface area contributed by atoms with Crippen LogP contribution >= 0.6 is 0 Å². The summed E-state index contributed by atoms with van der Waals surface area (Å²) in [5.41, 5.74) is 0.633. The van der Waals surface area contributed by atoms with Gasteiger partial charge in [-0.1, -0.05) is 31.4 Å². The molecule has 0 radical (unpaired) electrons. The van der Waals surface area contributed by atoms with E-state index in [0.29, 0.717) is 10.9 Å². The minimum atomic E-state index is -0.252. The van der Waals surface area contributed by atoms with Crippen molar-refractivity contribution in [3.8, 4) is 5.75 Å². The van der Waals surface area contributed by atoms with Gasteiger partial charge >= 0.3 is 0 Å². The molecular weight excluding hydrogens is 266 g/mol. The second-order valence-corrected chi connectivity index (χ2v) is 5.62. The van der Waals surface area contributed by atoms with Crippen LogP contribution in [0.4, 0.5) is 0 Å². The van der Waals surface area contributed by atoms with E-state index in [4.69, 9.17) is 0 Å². The Morgan fingerprint density at radius 2 is 1.90 bits per heavy atom. The van der Waals surface area contributed by atoms with Crippen LogP contribution in [0.25, 0.3) is 10.9 Å². The predicted octanol–water partition coefficient (Wildman–Crippen LogP) is 2.74. The molecular formula is C16H19N3O2. The summed E-state index contributed by atoms with van der Waals surface area (Å²) in [7, 11) is 1.79. The van der Waals surface area contributed by atoms with Crippen molar-refractivity contribution in [3.63, 3.8) is 0 Å². The van der Waals surface area contributed by atoms with E-state index in [2.05, 4.69) is 10.2 Å². The van der Waals surface area contributed by atoms with E-state index in [1.165, 1.54) is 6.42 Å². The first-order chi connectivity index (χ1) is 10.2. The smallest absolute Gasteiger partial charge is 0.278 e. The van der Waals surface area contributed by atoms with Crippen LogP contribution in [0.2, 0.25) is 0 Å². The van der Waals surface area contributed by atoms with E-state index >= 15 is 0 Å². The molecule has 1 fully saturated rings. The maximum atomic E-state index is 12.6. The monoisotopic (exact) mass is 285 g/mol. The molecule has 0 aliphatic heterocycles. The summed E-state index contributed by atoms with van der Waals surface area (Å²) >= 11 is 0. The van der Waals surface area contributed by atoms with Crippen molar-refractivity contribution in [1.29, 1.82) is 0 Å². The molecule has 1 N–H and O–H groups in total.